The molecule has 1 rings (SSSR count). The van der Waals surface area contributed by atoms with Crippen LogP contribution in [0.25, 0.3) is 0 Å². The lowest BCUT2D eigenvalue weighted by Crippen LogP contribution is -2.34. The third-order valence-electron chi connectivity index (χ3n) is 3.20. The quantitative estimate of drug-likeness (QED) is 0.479. The molecule has 0 saturated carbocycles. The molecular formula is C16H23ClN2O6. The maximum absolute atomic E-state index is 11.5. The number of hydrogen-bond donors (Lipinski definition) is 5. The molecule has 0 aromatic heterocycles. The van der Waals surface area contributed by atoms with Gasteiger partial charge in [0.2, 0.25) is 0 Å². The Morgan fingerprint density at radius 2 is 1.92 bits per heavy atom. The summed E-state index contributed by atoms with van der Waals surface area (Å²) in [6, 6.07) is 2.45. The first kappa shape index (κ1) is 21.0. The maximum Gasteiger partial charge on any atom is 0.407 e. The number of ether oxygens (including phenoxy) is 1. The fraction of sp³-hybridized carbons (Fsp3) is 0.500. The number of carboxylic acid groups (broad SMARTS) is 1. The van der Waals surface area contributed by atoms with Crippen molar-refractivity contribution >= 4 is 29.4 Å². The van der Waals surface area contributed by atoms with Crippen LogP contribution >= 0.6 is 11.6 Å². The van der Waals surface area contributed by atoms with Crippen LogP contribution in [0, 0.1) is 0 Å². The van der Waals surface area contributed by atoms with Crippen molar-refractivity contribution in [3.8, 4) is 0 Å². The molecule has 2 atom stereocenters. The second kappa shape index (κ2) is 8.37. The monoisotopic (exact) mass is 374 g/mol. The van der Waals surface area contributed by atoms with Crippen LogP contribution in [0.2, 0.25) is 5.02 Å². The Balaban J connectivity index is 2.73. The van der Waals surface area contributed by atoms with Crippen LogP contribution in [0.4, 0.5) is 10.5 Å². The summed E-state index contributed by atoms with van der Waals surface area (Å²) < 4.78 is 5.04. The number of benzene rings is 1. The number of aliphatic hydroxyl groups excluding tert-OH is 2. The highest BCUT2D eigenvalue weighted by Crippen LogP contribution is 2.30. The number of carbonyl (C=O) groups excluding carboxylic acids is 1. The van der Waals surface area contributed by atoms with E-state index in [1.807, 2.05) is 0 Å². The Morgan fingerprint density at radius 3 is 2.44 bits per heavy atom. The summed E-state index contributed by atoms with van der Waals surface area (Å²) in [5.41, 5.74) is 4.66. The number of carboxylic acids is 1. The molecule has 0 heterocycles. The van der Waals surface area contributed by atoms with Gasteiger partial charge in [0.25, 0.3) is 0 Å². The zero-order chi connectivity index (χ0) is 19.4. The second-order valence-corrected chi connectivity index (χ2v) is 6.93. The molecule has 9 heteroatoms. The van der Waals surface area contributed by atoms with E-state index in [-0.39, 0.29) is 34.8 Å². The Morgan fingerprint density at radius 1 is 1.32 bits per heavy atom. The van der Waals surface area contributed by atoms with E-state index in [0.717, 1.165) is 6.07 Å². The largest absolute Gasteiger partial charge is 0.478 e. The van der Waals surface area contributed by atoms with Crippen LogP contribution < -0.4 is 11.1 Å². The van der Waals surface area contributed by atoms with Gasteiger partial charge < -0.3 is 31.1 Å². The molecule has 1 aromatic rings. The van der Waals surface area contributed by atoms with Crippen molar-refractivity contribution in [2.24, 2.45) is 0 Å². The molecule has 8 nitrogen and oxygen atoms in total. The van der Waals surface area contributed by atoms with E-state index in [2.05, 4.69) is 5.32 Å². The molecular weight excluding hydrogens is 352 g/mol. The van der Waals surface area contributed by atoms with E-state index >= 15 is 0 Å². The van der Waals surface area contributed by atoms with E-state index in [0.29, 0.717) is 0 Å². The number of anilines is 1. The van der Waals surface area contributed by atoms with Crippen LogP contribution in [0.1, 0.15) is 49.2 Å². The van der Waals surface area contributed by atoms with Gasteiger partial charge in [0, 0.05) is 17.1 Å². The number of hydrogen-bond acceptors (Lipinski definition) is 6. The van der Waals surface area contributed by atoms with Crippen molar-refractivity contribution in [3.63, 3.8) is 0 Å². The molecule has 0 radical (unpaired) electrons. The summed E-state index contributed by atoms with van der Waals surface area (Å²) in [4.78, 5) is 22.7. The molecule has 0 spiro atoms. The molecule has 25 heavy (non-hydrogen) atoms. The van der Waals surface area contributed by atoms with Crippen molar-refractivity contribution in [3.05, 3.63) is 28.3 Å². The second-order valence-electron chi connectivity index (χ2n) is 6.49. The topological polar surface area (TPSA) is 142 Å². The summed E-state index contributed by atoms with van der Waals surface area (Å²) in [6.45, 7) is 5.19. The SMILES string of the molecule is CC(C)(C)OC(=O)NCCC(O)C(O)c1cc(Cl)cc(C(=O)O)c1N. The summed E-state index contributed by atoms with van der Waals surface area (Å²) in [5.74, 6) is -1.30. The number of alkyl carbamates (subject to hydrolysis) is 1. The van der Waals surface area contributed by atoms with Gasteiger partial charge in [0.15, 0.2) is 0 Å². The first-order chi connectivity index (χ1) is 11.4. The predicted octanol–water partition coefficient (Wildman–Crippen LogP) is 1.93. The van der Waals surface area contributed by atoms with Crippen LogP contribution in [0.5, 0.6) is 0 Å². The highest BCUT2D eigenvalue weighted by molar-refractivity contribution is 6.31. The van der Waals surface area contributed by atoms with E-state index in [1.54, 1.807) is 20.8 Å². The van der Waals surface area contributed by atoms with Crippen molar-refractivity contribution < 1.29 is 29.6 Å². The number of aliphatic hydroxyl groups is 2. The highest BCUT2D eigenvalue weighted by Gasteiger charge is 2.24. The Hall–Kier alpha value is -2.03. The van der Waals surface area contributed by atoms with Crippen molar-refractivity contribution in [1.82, 2.24) is 5.32 Å². The Labute approximate surface area is 150 Å². The molecule has 1 aromatic carbocycles. The molecule has 2 unspecified atom stereocenters. The number of carbonyl (C=O) groups is 2. The summed E-state index contributed by atoms with van der Waals surface area (Å²) in [6.07, 6.45) is -3.41. The molecule has 0 saturated heterocycles. The fourth-order valence-electron chi connectivity index (χ4n) is 2.06. The highest BCUT2D eigenvalue weighted by atomic mass is 35.5. The van der Waals surface area contributed by atoms with Crippen molar-refractivity contribution in [2.75, 3.05) is 12.3 Å². The molecule has 140 valence electrons. The number of amides is 1. The average Bonchev–Trinajstić information content (AvgIpc) is 2.46. The maximum atomic E-state index is 11.5. The van der Waals surface area contributed by atoms with Crippen LogP contribution in [-0.4, -0.2) is 45.6 Å². The number of aromatic carboxylic acids is 1. The zero-order valence-corrected chi connectivity index (χ0v) is 15.0. The van der Waals surface area contributed by atoms with Gasteiger partial charge in [-0.3, -0.25) is 0 Å². The van der Waals surface area contributed by atoms with Gasteiger partial charge in [-0.05, 0) is 39.3 Å². The normalized spacial score (nSPS) is 13.8. The molecule has 0 aliphatic heterocycles. The molecule has 1 amide bonds. The Kier molecular flexibility index (Phi) is 7.04. The zero-order valence-electron chi connectivity index (χ0n) is 14.2. The van der Waals surface area contributed by atoms with Crippen LogP contribution in [-0.2, 0) is 4.74 Å². The third-order valence-corrected chi connectivity index (χ3v) is 3.42. The molecule has 0 aliphatic carbocycles. The summed E-state index contributed by atoms with van der Waals surface area (Å²) >= 11 is 5.84. The molecule has 0 aliphatic rings. The van der Waals surface area contributed by atoms with Crippen LogP contribution in [0.15, 0.2) is 12.1 Å². The first-order valence-corrected chi connectivity index (χ1v) is 7.95. The van der Waals surface area contributed by atoms with Gasteiger partial charge in [0.05, 0.1) is 17.4 Å². The van der Waals surface area contributed by atoms with Gasteiger partial charge in [0.1, 0.15) is 11.7 Å². The first-order valence-electron chi connectivity index (χ1n) is 7.57. The van der Waals surface area contributed by atoms with E-state index < -0.39 is 29.9 Å². The van der Waals surface area contributed by atoms with Crippen LogP contribution in [0.3, 0.4) is 0 Å². The lowest BCUT2D eigenvalue weighted by Gasteiger charge is -2.22. The number of nitrogens with two attached hydrogens (primary N) is 1. The van der Waals surface area contributed by atoms with Crippen molar-refractivity contribution in [2.45, 2.75) is 45.0 Å². The van der Waals surface area contributed by atoms with E-state index in [9.17, 15) is 19.8 Å². The lowest BCUT2D eigenvalue weighted by molar-refractivity contribution is 0.0126. The predicted molar refractivity (Wildman–Crippen MR) is 92.6 cm³/mol. The lowest BCUT2D eigenvalue weighted by atomic mass is 9.97. The smallest absolute Gasteiger partial charge is 0.407 e. The number of nitrogen functional groups attached to an aromatic ring is 1. The van der Waals surface area contributed by atoms with E-state index in [4.69, 9.17) is 27.2 Å². The minimum absolute atomic E-state index is 0.00519. The van der Waals surface area contributed by atoms with Crippen molar-refractivity contribution in [1.29, 1.82) is 0 Å². The minimum atomic E-state index is -1.46. The standard InChI is InChI=1S/C16H23ClN2O6/c1-16(2,3)25-15(24)19-5-4-11(20)13(21)9-6-8(17)7-10(12(9)18)14(22)23/h6-7,11,13,20-21H,4-5,18H2,1-3H3,(H,19,24)(H,22,23). The van der Waals surface area contributed by atoms with Gasteiger partial charge in [-0.2, -0.15) is 0 Å². The fourth-order valence-corrected chi connectivity index (χ4v) is 2.29. The van der Waals surface area contributed by atoms with Gasteiger partial charge in [-0.15, -0.1) is 0 Å². The van der Waals surface area contributed by atoms with E-state index in [1.165, 1.54) is 6.07 Å². The average molecular weight is 375 g/mol. The van der Waals surface area contributed by atoms with Gasteiger partial charge >= 0.3 is 12.1 Å². The van der Waals surface area contributed by atoms with Gasteiger partial charge in [-0.1, -0.05) is 11.6 Å². The number of rotatable bonds is 6. The van der Waals surface area contributed by atoms with Gasteiger partial charge in [-0.25, -0.2) is 9.59 Å². The minimum Gasteiger partial charge on any atom is -0.478 e. The Bertz CT molecular complexity index is 644. The third kappa shape index (κ3) is 6.41. The molecule has 0 fully saturated rings. The molecule has 6 N–H and O–H groups in total. The number of nitrogens with one attached hydrogen (secondary N) is 1. The summed E-state index contributed by atoms with van der Waals surface area (Å²) in [5, 5.41) is 31.9. The number of halogens is 1. The summed E-state index contributed by atoms with van der Waals surface area (Å²) in [7, 11) is 0. The molecule has 0 bridgehead atoms.